The second kappa shape index (κ2) is 4.31. The van der Waals surface area contributed by atoms with Gasteiger partial charge in [0.2, 0.25) is 5.91 Å². The number of likely N-dealkylation sites (N-methyl/N-ethyl adjacent to an activating group) is 1. The molecule has 21 heavy (non-hydrogen) atoms. The zero-order chi connectivity index (χ0) is 15.4. The Morgan fingerprint density at radius 1 is 1.24 bits per heavy atom. The number of likely N-dealkylation sites (tertiary alicyclic amines) is 1. The van der Waals surface area contributed by atoms with E-state index in [9.17, 15) is 14.4 Å². The Labute approximate surface area is 122 Å². The molecule has 0 radical (unpaired) electrons. The topological polar surface area (TPSA) is 83.7 Å². The van der Waals surface area contributed by atoms with E-state index in [1.54, 1.807) is 30.0 Å². The molecule has 0 aliphatic carbocycles. The van der Waals surface area contributed by atoms with Gasteiger partial charge in [-0.1, -0.05) is 6.07 Å². The van der Waals surface area contributed by atoms with Crippen LogP contribution in [0, 0.1) is 0 Å². The van der Waals surface area contributed by atoms with Crippen molar-refractivity contribution in [3.05, 3.63) is 29.3 Å². The van der Waals surface area contributed by atoms with E-state index in [1.807, 2.05) is 0 Å². The van der Waals surface area contributed by atoms with E-state index in [1.165, 1.54) is 7.05 Å². The second-order valence-corrected chi connectivity index (χ2v) is 5.80. The second-order valence-electron chi connectivity index (χ2n) is 5.80. The molecule has 1 unspecified atom stereocenters. The minimum absolute atomic E-state index is 0.198. The van der Waals surface area contributed by atoms with Crippen molar-refractivity contribution in [2.24, 2.45) is 0 Å². The monoisotopic (exact) mass is 287 g/mol. The van der Waals surface area contributed by atoms with Crippen molar-refractivity contribution in [3.63, 3.8) is 0 Å². The molecule has 0 aromatic heterocycles. The van der Waals surface area contributed by atoms with Crippen LogP contribution in [0.3, 0.4) is 0 Å². The van der Waals surface area contributed by atoms with Crippen LogP contribution in [0.2, 0.25) is 0 Å². The first kappa shape index (κ1) is 13.6. The molecular weight excluding hydrogens is 270 g/mol. The maximum atomic E-state index is 12.6. The fraction of sp³-hybridized carbons (Fsp3) is 0.400. The van der Waals surface area contributed by atoms with Gasteiger partial charge in [-0.3, -0.25) is 19.3 Å². The smallest absolute Gasteiger partial charge is 0.255 e. The van der Waals surface area contributed by atoms with E-state index in [0.29, 0.717) is 24.2 Å². The maximum absolute atomic E-state index is 12.6. The molecule has 6 heteroatoms. The molecule has 1 fully saturated rings. The van der Waals surface area contributed by atoms with Crippen LogP contribution in [-0.4, -0.2) is 40.1 Å². The molecule has 3 rings (SSSR count). The lowest BCUT2D eigenvalue weighted by molar-refractivity contribution is -0.155. The Morgan fingerprint density at radius 2 is 1.95 bits per heavy atom. The number of hydrogen-bond acceptors (Lipinski definition) is 4. The summed E-state index contributed by atoms with van der Waals surface area (Å²) >= 11 is 0. The number of rotatable bonds is 1. The number of nitrogen functional groups attached to an aromatic ring is 1. The van der Waals surface area contributed by atoms with Crippen LogP contribution in [0.25, 0.3) is 0 Å². The number of carbonyl (C=O) groups is 3. The summed E-state index contributed by atoms with van der Waals surface area (Å²) in [5.74, 6) is -0.740. The Bertz CT molecular complexity index is 670. The van der Waals surface area contributed by atoms with E-state index in [4.69, 9.17) is 5.73 Å². The summed E-state index contributed by atoms with van der Waals surface area (Å²) in [6.07, 6.45) is 0.600. The van der Waals surface area contributed by atoms with Gasteiger partial charge in [-0.2, -0.15) is 0 Å². The zero-order valence-electron chi connectivity index (χ0n) is 12.0. The summed E-state index contributed by atoms with van der Waals surface area (Å²) < 4.78 is 0. The first-order chi connectivity index (χ1) is 9.86. The molecule has 1 atom stereocenters. The van der Waals surface area contributed by atoms with Crippen molar-refractivity contribution in [1.82, 2.24) is 9.80 Å². The fourth-order valence-electron chi connectivity index (χ4n) is 3.11. The molecule has 2 heterocycles. The lowest BCUT2D eigenvalue weighted by Crippen LogP contribution is -2.61. The number of imide groups is 1. The van der Waals surface area contributed by atoms with Crippen molar-refractivity contribution in [3.8, 4) is 0 Å². The van der Waals surface area contributed by atoms with Crippen LogP contribution in [0.4, 0.5) is 5.69 Å². The van der Waals surface area contributed by atoms with Crippen LogP contribution >= 0.6 is 0 Å². The molecule has 1 aromatic rings. The fourth-order valence-corrected chi connectivity index (χ4v) is 3.11. The van der Waals surface area contributed by atoms with Gasteiger partial charge in [0.15, 0.2) is 0 Å². The highest BCUT2D eigenvalue weighted by atomic mass is 16.2. The third-order valence-electron chi connectivity index (χ3n) is 4.56. The predicted octanol–water partition coefficient (Wildman–Crippen LogP) is 0.762. The molecule has 6 nitrogen and oxygen atoms in total. The van der Waals surface area contributed by atoms with Crippen LogP contribution in [0.1, 0.15) is 35.7 Å². The van der Waals surface area contributed by atoms with E-state index in [-0.39, 0.29) is 24.1 Å². The van der Waals surface area contributed by atoms with Crippen LogP contribution in [0.5, 0.6) is 0 Å². The largest absolute Gasteiger partial charge is 0.398 e. The number of fused-ring (bicyclic) bond motifs is 1. The molecule has 0 bridgehead atoms. The Balaban J connectivity index is 2.00. The van der Waals surface area contributed by atoms with Gasteiger partial charge in [0.05, 0.1) is 0 Å². The average molecular weight is 287 g/mol. The quantitative estimate of drug-likeness (QED) is 0.610. The van der Waals surface area contributed by atoms with E-state index < -0.39 is 5.54 Å². The summed E-state index contributed by atoms with van der Waals surface area (Å²) in [5, 5.41) is 0. The molecule has 2 aliphatic rings. The molecule has 1 saturated heterocycles. The normalized spacial score (nSPS) is 25.5. The molecule has 1 aromatic carbocycles. The molecule has 2 aliphatic heterocycles. The third-order valence-corrected chi connectivity index (χ3v) is 4.56. The minimum atomic E-state index is -0.995. The number of amides is 3. The van der Waals surface area contributed by atoms with Crippen molar-refractivity contribution in [2.75, 3.05) is 12.8 Å². The van der Waals surface area contributed by atoms with Gasteiger partial charge in [0.25, 0.3) is 11.8 Å². The Morgan fingerprint density at radius 3 is 2.62 bits per heavy atom. The van der Waals surface area contributed by atoms with Gasteiger partial charge < -0.3 is 10.6 Å². The van der Waals surface area contributed by atoms with Gasteiger partial charge in [-0.05, 0) is 25.5 Å². The van der Waals surface area contributed by atoms with Crippen molar-refractivity contribution < 1.29 is 14.4 Å². The van der Waals surface area contributed by atoms with Gasteiger partial charge in [-0.25, -0.2) is 0 Å². The van der Waals surface area contributed by atoms with Gasteiger partial charge in [0.1, 0.15) is 5.54 Å². The number of benzene rings is 1. The van der Waals surface area contributed by atoms with E-state index >= 15 is 0 Å². The molecular formula is C15H17N3O3. The zero-order valence-corrected chi connectivity index (χ0v) is 12.0. The highest BCUT2D eigenvalue weighted by Gasteiger charge is 2.50. The number of piperidine rings is 1. The summed E-state index contributed by atoms with van der Waals surface area (Å²) in [7, 11) is 1.46. The lowest BCUT2D eigenvalue weighted by atomic mass is 9.88. The number of nitrogens with zero attached hydrogens (tertiary/aromatic N) is 2. The Kier molecular flexibility index (Phi) is 2.79. The number of hydrogen-bond donors (Lipinski definition) is 1. The first-order valence-electron chi connectivity index (χ1n) is 6.86. The van der Waals surface area contributed by atoms with Crippen LogP contribution < -0.4 is 5.73 Å². The average Bonchev–Trinajstić information content (AvgIpc) is 2.81. The summed E-state index contributed by atoms with van der Waals surface area (Å²) in [4.78, 5) is 39.4. The molecule has 0 saturated carbocycles. The van der Waals surface area contributed by atoms with Gasteiger partial charge in [0, 0.05) is 36.8 Å². The van der Waals surface area contributed by atoms with Crippen LogP contribution in [0.15, 0.2) is 18.2 Å². The number of carbonyl (C=O) groups excluding carboxylic acids is 3. The van der Waals surface area contributed by atoms with Gasteiger partial charge >= 0.3 is 0 Å². The number of nitrogens with two attached hydrogens (primary N) is 1. The first-order valence-corrected chi connectivity index (χ1v) is 6.86. The molecule has 110 valence electrons. The minimum Gasteiger partial charge on any atom is -0.398 e. The molecule has 0 spiro atoms. The summed E-state index contributed by atoms with van der Waals surface area (Å²) in [6, 6.07) is 5.20. The van der Waals surface area contributed by atoms with Crippen molar-refractivity contribution in [2.45, 2.75) is 31.8 Å². The van der Waals surface area contributed by atoms with Gasteiger partial charge in [-0.15, -0.1) is 0 Å². The molecule has 3 amide bonds. The Hall–Kier alpha value is -2.37. The van der Waals surface area contributed by atoms with Crippen LogP contribution in [-0.2, 0) is 16.1 Å². The van der Waals surface area contributed by atoms with Crippen molar-refractivity contribution in [1.29, 1.82) is 0 Å². The molecule has 2 N–H and O–H groups in total. The highest BCUT2D eigenvalue weighted by Crippen LogP contribution is 2.37. The predicted molar refractivity (Wildman–Crippen MR) is 76.1 cm³/mol. The standard InChI is InChI=1S/C15H17N3O3/c1-15(7-6-12(19)17(2)14(15)21)18-8-10-9(13(18)20)4-3-5-11(10)16/h3-5H,6-8,16H2,1-2H3. The summed E-state index contributed by atoms with van der Waals surface area (Å²) in [6.45, 7) is 2.03. The third kappa shape index (κ3) is 1.75. The van der Waals surface area contributed by atoms with E-state index in [0.717, 1.165) is 10.5 Å². The number of anilines is 1. The van der Waals surface area contributed by atoms with Crippen molar-refractivity contribution >= 4 is 23.4 Å². The highest BCUT2D eigenvalue weighted by molar-refractivity contribution is 6.07. The SMILES string of the molecule is CN1C(=O)CCC(C)(N2Cc3c(N)cccc3C2=O)C1=O. The lowest BCUT2D eigenvalue weighted by Gasteiger charge is -2.42. The van der Waals surface area contributed by atoms with E-state index in [2.05, 4.69) is 0 Å². The summed E-state index contributed by atoms with van der Waals surface area (Å²) in [5.41, 5.74) is 6.79. The maximum Gasteiger partial charge on any atom is 0.255 e.